The Labute approximate surface area is 112 Å². The van der Waals surface area contributed by atoms with Gasteiger partial charge >= 0.3 is 5.97 Å². The van der Waals surface area contributed by atoms with Gasteiger partial charge < -0.3 is 9.57 Å². The molecule has 0 aromatic carbocycles. The van der Waals surface area contributed by atoms with E-state index in [0.29, 0.717) is 12.5 Å². The van der Waals surface area contributed by atoms with E-state index in [1.165, 1.54) is 0 Å². The second kappa shape index (κ2) is 5.15. The number of hydrogen-bond donors (Lipinski definition) is 0. The minimum Gasteiger partial charge on any atom is -0.463 e. The van der Waals surface area contributed by atoms with E-state index in [0.717, 1.165) is 12.0 Å². The summed E-state index contributed by atoms with van der Waals surface area (Å²) in [6.45, 7) is 6.05. The Balaban J connectivity index is 1.89. The smallest absolute Gasteiger partial charge is 0.347 e. The first-order chi connectivity index (χ1) is 8.96. The predicted octanol–water partition coefficient (Wildman–Crippen LogP) is 1.72. The second-order valence-electron chi connectivity index (χ2n) is 5.52. The first kappa shape index (κ1) is 13.8. The molecule has 5 heteroatoms. The SMILES string of the molecule is CCOC(=O)CO/N=C/C1=CC(=O)[C@@H]2C[C@@H]1C2(C)C. The topological polar surface area (TPSA) is 65.0 Å². The fraction of sp³-hybridized carbons (Fsp3) is 0.643. The first-order valence-corrected chi connectivity index (χ1v) is 6.53. The van der Waals surface area contributed by atoms with Crippen molar-refractivity contribution in [2.45, 2.75) is 27.2 Å². The highest BCUT2D eigenvalue weighted by molar-refractivity contribution is 6.01. The molecule has 2 atom stereocenters. The minimum atomic E-state index is -0.447. The maximum atomic E-state index is 11.8. The average Bonchev–Trinajstić information content (AvgIpc) is 2.33. The van der Waals surface area contributed by atoms with Crippen molar-refractivity contribution in [3.63, 3.8) is 0 Å². The van der Waals surface area contributed by atoms with Crippen molar-refractivity contribution in [2.75, 3.05) is 13.2 Å². The Bertz CT molecular complexity index is 450. The lowest BCUT2D eigenvalue weighted by atomic mass is 9.48. The van der Waals surface area contributed by atoms with Crippen molar-refractivity contribution in [2.24, 2.45) is 22.4 Å². The van der Waals surface area contributed by atoms with Crippen molar-refractivity contribution in [1.29, 1.82) is 0 Å². The molecular weight excluding hydrogens is 246 g/mol. The molecule has 0 aromatic heterocycles. The van der Waals surface area contributed by atoms with Gasteiger partial charge in [0.25, 0.3) is 0 Å². The predicted molar refractivity (Wildman–Crippen MR) is 69.5 cm³/mol. The Morgan fingerprint density at radius 2 is 2.26 bits per heavy atom. The number of esters is 1. The van der Waals surface area contributed by atoms with Crippen LogP contribution in [0.4, 0.5) is 0 Å². The zero-order valence-electron chi connectivity index (χ0n) is 11.5. The molecule has 2 bridgehead atoms. The molecule has 3 rings (SSSR count). The van der Waals surface area contributed by atoms with Crippen molar-refractivity contribution >= 4 is 18.0 Å². The molecule has 0 saturated heterocycles. The highest BCUT2D eigenvalue weighted by Crippen LogP contribution is 2.57. The van der Waals surface area contributed by atoms with Crippen molar-refractivity contribution < 1.29 is 19.2 Å². The van der Waals surface area contributed by atoms with Gasteiger partial charge in [0, 0.05) is 5.92 Å². The lowest BCUT2D eigenvalue weighted by molar-refractivity contribution is -0.148. The number of rotatable bonds is 5. The molecule has 0 aliphatic heterocycles. The van der Waals surface area contributed by atoms with Crippen molar-refractivity contribution in [1.82, 2.24) is 0 Å². The fourth-order valence-electron chi connectivity index (χ4n) is 2.86. The molecule has 3 aliphatic carbocycles. The third kappa shape index (κ3) is 2.55. The van der Waals surface area contributed by atoms with E-state index >= 15 is 0 Å². The van der Waals surface area contributed by atoms with Gasteiger partial charge in [-0.15, -0.1) is 0 Å². The van der Waals surface area contributed by atoms with E-state index in [9.17, 15) is 9.59 Å². The largest absolute Gasteiger partial charge is 0.463 e. The van der Waals surface area contributed by atoms with Crippen LogP contribution in [-0.4, -0.2) is 31.2 Å². The standard InChI is InChI=1S/C14H19NO4/c1-4-18-13(17)8-19-15-7-9-5-12(16)11-6-10(9)14(11,2)3/h5,7,10-11H,4,6,8H2,1-3H3/b15-7+/t10-,11-/m0/s1. The Kier molecular flexibility index (Phi) is 3.73. The van der Waals surface area contributed by atoms with E-state index in [4.69, 9.17) is 9.57 Å². The molecule has 0 aromatic rings. The summed E-state index contributed by atoms with van der Waals surface area (Å²) in [6, 6.07) is 0. The summed E-state index contributed by atoms with van der Waals surface area (Å²) in [7, 11) is 0. The number of ether oxygens (including phenoxy) is 1. The van der Waals surface area contributed by atoms with E-state index < -0.39 is 5.97 Å². The molecule has 0 N–H and O–H groups in total. The molecule has 0 unspecified atom stereocenters. The number of carbonyl (C=O) groups is 2. The van der Waals surface area contributed by atoms with Crippen LogP contribution in [0.15, 0.2) is 16.8 Å². The van der Waals surface area contributed by atoms with Crippen LogP contribution in [0.25, 0.3) is 0 Å². The summed E-state index contributed by atoms with van der Waals surface area (Å²) in [5.41, 5.74) is 0.898. The Morgan fingerprint density at radius 3 is 2.84 bits per heavy atom. The molecule has 3 aliphatic rings. The third-order valence-electron chi connectivity index (χ3n) is 4.09. The third-order valence-corrected chi connectivity index (χ3v) is 4.09. The minimum absolute atomic E-state index is 0.00826. The molecule has 5 nitrogen and oxygen atoms in total. The van der Waals surface area contributed by atoms with Gasteiger partial charge in [0.15, 0.2) is 5.78 Å². The summed E-state index contributed by atoms with van der Waals surface area (Å²) in [6.07, 6.45) is 4.07. The lowest BCUT2D eigenvalue weighted by Crippen LogP contribution is -2.52. The van der Waals surface area contributed by atoms with Crippen molar-refractivity contribution in [3.05, 3.63) is 11.6 Å². The summed E-state index contributed by atoms with van der Waals surface area (Å²) in [5.74, 6) is 0.219. The normalized spacial score (nSPS) is 27.7. The number of hydrogen-bond acceptors (Lipinski definition) is 5. The Morgan fingerprint density at radius 1 is 1.53 bits per heavy atom. The summed E-state index contributed by atoms with van der Waals surface area (Å²) >= 11 is 0. The van der Waals surface area contributed by atoms with Crippen LogP contribution < -0.4 is 0 Å². The van der Waals surface area contributed by atoms with Crippen molar-refractivity contribution in [3.8, 4) is 0 Å². The van der Waals surface area contributed by atoms with Gasteiger partial charge in [-0.2, -0.15) is 0 Å². The van der Waals surface area contributed by atoms with Crippen LogP contribution >= 0.6 is 0 Å². The number of nitrogens with zero attached hydrogens (tertiary/aromatic N) is 1. The molecule has 0 amide bonds. The number of carbonyl (C=O) groups excluding carboxylic acids is 2. The second-order valence-corrected chi connectivity index (χ2v) is 5.52. The van der Waals surface area contributed by atoms with Gasteiger partial charge in [-0.1, -0.05) is 19.0 Å². The summed E-state index contributed by atoms with van der Waals surface area (Å²) in [5, 5.41) is 3.75. The van der Waals surface area contributed by atoms with Crippen LogP contribution in [0, 0.1) is 17.3 Å². The molecule has 104 valence electrons. The van der Waals surface area contributed by atoms with E-state index in [2.05, 4.69) is 19.0 Å². The molecule has 1 fully saturated rings. The van der Waals surface area contributed by atoms with Gasteiger partial charge in [-0.05, 0) is 36.3 Å². The molecule has 0 heterocycles. The number of allylic oxidation sites excluding steroid dienone is 2. The van der Waals surface area contributed by atoms with E-state index in [1.54, 1.807) is 19.2 Å². The van der Waals surface area contributed by atoms with Gasteiger partial charge in [0.05, 0.1) is 12.8 Å². The summed E-state index contributed by atoms with van der Waals surface area (Å²) < 4.78 is 4.71. The quantitative estimate of drug-likeness (QED) is 0.431. The maximum absolute atomic E-state index is 11.8. The van der Waals surface area contributed by atoms with Crippen LogP contribution in [0.1, 0.15) is 27.2 Å². The number of fused-ring (bicyclic) bond motifs is 1. The lowest BCUT2D eigenvalue weighted by Gasteiger charge is -2.54. The zero-order valence-corrected chi connectivity index (χ0v) is 11.5. The highest BCUT2D eigenvalue weighted by Gasteiger charge is 2.54. The monoisotopic (exact) mass is 265 g/mol. The molecule has 0 radical (unpaired) electrons. The molecular formula is C14H19NO4. The zero-order chi connectivity index (χ0) is 14.0. The Hall–Kier alpha value is -1.65. The number of ketones is 1. The van der Waals surface area contributed by atoms with Gasteiger partial charge in [0.2, 0.25) is 6.61 Å². The van der Waals surface area contributed by atoms with Crippen LogP contribution in [0.3, 0.4) is 0 Å². The maximum Gasteiger partial charge on any atom is 0.347 e. The molecule has 19 heavy (non-hydrogen) atoms. The highest BCUT2D eigenvalue weighted by atomic mass is 16.6. The van der Waals surface area contributed by atoms with Gasteiger partial charge in [-0.25, -0.2) is 4.79 Å². The van der Waals surface area contributed by atoms with Gasteiger partial charge in [-0.3, -0.25) is 4.79 Å². The molecule has 0 spiro atoms. The average molecular weight is 265 g/mol. The molecule has 1 saturated carbocycles. The van der Waals surface area contributed by atoms with E-state index in [-0.39, 0.29) is 23.7 Å². The van der Waals surface area contributed by atoms with Crippen LogP contribution in [-0.2, 0) is 19.2 Å². The van der Waals surface area contributed by atoms with Gasteiger partial charge in [0.1, 0.15) is 0 Å². The van der Waals surface area contributed by atoms with Crippen LogP contribution in [0.5, 0.6) is 0 Å². The summed E-state index contributed by atoms with van der Waals surface area (Å²) in [4.78, 5) is 27.7. The number of oxime groups is 1. The van der Waals surface area contributed by atoms with E-state index in [1.807, 2.05) is 0 Å². The first-order valence-electron chi connectivity index (χ1n) is 6.53. The fourth-order valence-corrected chi connectivity index (χ4v) is 2.86. The van der Waals surface area contributed by atoms with Crippen LogP contribution in [0.2, 0.25) is 0 Å².